The first kappa shape index (κ1) is 15.3. The highest BCUT2D eigenvalue weighted by molar-refractivity contribution is 9.10. The minimum absolute atomic E-state index is 0.0850. The van der Waals surface area contributed by atoms with Gasteiger partial charge in [-0.05, 0) is 64.8 Å². The molecule has 1 N–H and O–H groups in total. The van der Waals surface area contributed by atoms with E-state index in [4.69, 9.17) is 11.6 Å². The number of anilines is 1. The van der Waals surface area contributed by atoms with Crippen molar-refractivity contribution in [2.75, 3.05) is 4.72 Å². The molecule has 0 bridgehead atoms. The number of nitrogens with one attached hydrogen (secondary N) is 1. The average molecular weight is 379 g/mol. The lowest BCUT2D eigenvalue weighted by Gasteiger charge is -2.11. The van der Waals surface area contributed by atoms with E-state index in [2.05, 4.69) is 20.7 Å². The van der Waals surface area contributed by atoms with Crippen molar-refractivity contribution in [1.29, 1.82) is 0 Å². The van der Waals surface area contributed by atoms with Crippen molar-refractivity contribution < 1.29 is 12.8 Å². The standard InChI is InChI=1S/C13H10BrClFNO2S/c1-8-6-12(16)11(14)7-13(8)17-20(18,19)10-4-2-9(15)3-5-10/h2-7,17H,1H3. The Hall–Kier alpha value is -1.11. The molecule has 0 saturated carbocycles. The molecule has 0 spiro atoms. The quantitative estimate of drug-likeness (QED) is 0.863. The second kappa shape index (κ2) is 5.71. The fraction of sp³-hybridized carbons (Fsp3) is 0.0769. The maximum absolute atomic E-state index is 13.3. The molecule has 0 heterocycles. The Morgan fingerprint density at radius 1 is 1.20 bits per heavy atom. The Morgan fingerprint density at radius 3 is 2.40 bits per heavy atom. The third-order valence-electron chi connectivity index (χ3n) is 2.64. The number of hydrogen-bond acceptors (Lipinski definition) is 2. The van der Waals surface area contributed by atoms with Crippen LogP contribution in [0.4, 0.5) is 10.1 Å². The number of rotatable bonds is 3. The van der Waals surface area contributed by atoms with Gasteiger partial charge in [-0.2, -0.15) is 0 Å². The number of hydrogen-bond donors (Lipinski definition) is 1. The van der Waals surface area contributed by atoms with E-state index in [1.54, 1.807) is 6.92 Å². The lowest BCUT2D eigenvalue weighted by atomic mass is 10.2. The maximum atomic E-state index is 13.3. The zero-order chi connectivity index (χ0) is 14.9. The van der Waals surface area contributed by atoms with E-state index in [9.17, 15) is 12.8 Å². The van der Waals surface area contributed by atoms with Crippen molar-refractivity contribution in [3.05, 3.63) is 57.3 Å². The summed E-state index contributed by atoms with van der Waals surface area (Å²) in [4.78, 5) is 0.0850. The van der Waals surface area contributed by atoms with E-state index in [-0.39, 0.29) is 9.37 Å². The van der Waals surface area contributed by atoms with Gasteiger partial charge in [0.25, 0.3) is 10.0 Å². The Balaban J connectivity index is 2.38. The Bertz CT molecular complexity index is 748. The predicted octanol–water partition coefficient (Wildman–Crippen LogP) is 4.35. The molecule has 2 aromatic rings. The Kier molecular flexibility index (Phi) is 4.36. The van der Waals surface area contributed by atoms with Crippen LogP contribution in [0.1, 0.15) is 5.56 Å². The van der Waals surface area contributed by atoms with Gasteiger partial charge in [0.05, 0.1) is 15.1 Å². The molecule has 0 aromatic heterocycles. The molecule has 0 aliphatic rings. The molecular formula is C13H10BrClFNO2S. The summed E-state index contributed by atoms with van der Waals surface area (Å²) < 4.78 is 40.3. The summed E-state index contributed by atoms with van der Waals surface area (Å²) in [6, 6.07) is 8.42. The highest BCUT2D eigenvalue weighted by Crippen LogP contribution is 2.26. The zero-order valence-corrected chi connectivity index (χ0v) is 13.5. The van der Waals surface area contributed by atoms with Crippen LogP contribution in [0.3, 0.4) is 0 Å². The molecule has 106 valence electrons. The molecule has 0 radical (unpaired) electrons. The van der Waals surface area contributed by atoms with Crippen LogP contribution in [0.15, 0.2) is 45.8 Å². The van der Waals surface area contributed by atoms with Crippen LogP contribution in [-0.2, 0) is 10.0 Å². The van der Waals surface area contributed by atoms with E-state index in [1.165, 1.54) is 36.4 Å². The summed E-state index contributed by atoms with van der Waals surface area (Å²) in [5.74, 6) is -0.447. The van der Waals surface area contributed by atoms with E-state index < -0.39 is 15.8 Å². The van der Waals surface area contributed by atoms with Crippen LogP contribution in [0, 0.1) is 12.7 Å². The van der Waals surface area contributed by atoms with Gasteiger partial charge in [0.1, 0.15) is 5.82 Å². The van der Waals surface area contributed by atoms with Crippen LogP contribution in [0.5, 0.6) is 0 Å². The lowest BCUT2D eigenvalue weighted by Crippen LogP contribution is -2.13. The largest absolute Gasteiger partial charge is 0.279 e. The molecule has 0 amide bonds. The smallest absolute Gasteiger partial charge is 0.261 e. The van der Waals surface area contributed by atoms with Gasteiger partial charge in [0, 0.05) is 5.02 Å². The molecule has 0 unspecified atom stereocenters. The van der Waals surface area contributed by atoms with Gasteiger partial charge in [-0.25, -0.2) is 12.8 Å². The van der Waals surface area contributed by atoms with Gasteiger partial charge in [-0.15, -0.1) is 0 Å². The van der Waals surface area contributed by atoms with Gasteiger partial charge in [-0.3, -0.25) is 4.72 Å². The second-order valence-electron chi connectivity index (χ2n) is 4.14. The maximum Gasteiger partial charge on any atom is 0.261 e. The molecule has 0 saturated heterocycles. The summed E-state index contributed by atoms with van der Waals surface area (Å²) in [6.45, 7) is 1.62. The van der Waals surface area contributed by atoms with E-state index in [0.29, 0.717) is 16.3 Å². The minimum Gasteiger partial charge on any atom is -0.279 e. The van der Waals surface area contributed by atoms with Crippen molar-refractivity contribution in [2.24, 2.45) is 0 Å². The van der Waals surface area contributed by atoms with Gasteiger partial charge in [0.15, 0.2) is 0 Å². The molecule has 3 nitrogen and oxygen atoms in total. The summed E-state index contributed by atoms with van der Waals surface area (Å²) in [6.07, 6.45) is 0. The fourth-order valence-electron chi connectivity index (χ4n) is 1.57. The SMILES string of the molecule is Cc1cc(F)c(Br)cc1NS(=O)(=O)c1ccc(Cl)cc1. The summed E-state index contributed by atoms with van der Waals surface area (Å²) in [5.41, 5.74) is 0.802. The lowest BCUT2D eigenvalue weighted by molar-refractivity contribution is 0.600. The molecule has 20 heavy (non-hydrogen) atoms. The van der Waals surface area contributed by atoms with Crippen LogP contribution in [-0.4, -0.2) is 8.42 Å². The van der Waals surface area contributed by atoms with Crippen molar-refractivity contribution >= 4 is 43.2 Å². The van der Waals surface area contributed by atoms with Crippen molar-refractivity contribution in [2.45, 2.75) is 11.8 Å². The van der Waals surface area contributed by atoms with Crippen LogP contribution < -0.4 is 4.72 Å². The van der Waals surface area contributed by atoms with E-state index in [0.717, 1.165) is 0 Å². The number of aryl methyl sites for hydroxylation is 1. The highest BCUT2D eigenvalue weighted by Gasteiger charge is 2.16. The Morgan fingerprint density at radius 2 is 1.80 bits per heavy atom. The molecule has 7 heteroatoms. The normalized spacial score (nSPS) is 11.4. The molecule has 0 aliphatic carbocycles. The molecular weight excluding hydrogens is 369 g/mol. The second-order valence-corrected chi connectivity index (χ2v) is 7.11. The zero-order valence-electron chi connectivity index (χ0n) is 10.3. The predicted molar refractivity (Wildman–Crippen MR) is 81.1 cm³/mol. The first-order valence-corrected chi connectivity index (χ1v) is 8.19. The van der Waals surface area contributed by atoms with E-state index >= 15 is 0 Å². The molecule has 0 atom stereocenters. The monoisotopic (exact) mass is 377 g/mol. The molecule has 0 aliphatic heterocycles. The number of halogens is 3. The summed E-state index contributed by atoms with van der Waals surface area (Å²) >= 11 is 8.75. The number of benzene rings is 2. The first-order valence-electron chi connectivity index (χ1n) is 5.53. The third kappa shape index (κ3) is 3.31. The number of sulfonamides is 1. The topological polar surface area (TPSA) is 46.2 Å². The highest BCUT2D eigenvalue weighted by atomic mass is 79.9. The van der Waals surface area contributed by atoms with Gasteiger partial charge in [-0.1, -0.05) is 11.6 Å². The third-order valence-corrected chi connectivity index (χ3v) is 4.88. The first-order chi connectivity index (χ1) is 9.29. The molecule has 2 rings (SSSR count). The van der Waals surface area contributed by atoms with Gasteiger partial charge < -0.3 is 0 Å². The molecule has 0 fully saturated rings. The van der Waals surface area contributed by atoms with Crippen molar-refractivity contribution in [1.82, 2.24) is 0 Å². The minimum atomic E-state index is -3.73. The summed E-state index contributed by atoms with van der Waals surface area (Å²) in [7, 11) is -3.73. The van der Waals surface area contributed by atoms with Crippen LogP contribution in [0.2, 0.25) is 5.02 Å². The van der Waals surface area contributed by atoms with E-state index in [1.807, 2.05) is 0 Å². The van der Waals surface area contributed by atoms with Crippen molar-refractivity contribution in [3.63, 3.8) is 0 Å². The Labute approximate surface area is 130 Å². The van der Waals surface area contributed by atoms with Gasteiger partial charge in [0.2, 0.25) is 0 Å². The van der Waals surface area contributed by atoms with Crippen LogP contribution in [0.25, 0.3) is 0 Å². The van der Waals surface area contributed by atoms with Gasteiger partial charge >= 0.3 is 0 Å². The average Bonchev–Trinajstić information content (AvgIpc) is 2.36. The summed E-state index contributed by atoms with van der Waals surface area (Å²) in [5, 5.41) is 0.449. The fourth-order valence-corrected chi connectivity index (χ4v) is 3.16. The van der Waals surface area contributed by atoms with Crippen molar-refractivity contribution in [3.8, 4) is 0 Å². The van der Waals surface area contributed by atoms with Crippen LogP contribution >= 0.6 is 27.5 Å². The molecule has 2 aromatic carbocycles.